The first-order valence-electron chi connectivity index (χ1n) is 3.19. The van der Waals surface area contributed by atoms with Gasteiger partial charge in [0.25, 0.3) is 0 Å². The molecule has 0 aliphatic heterocycles. The van der Waals surface area contributed by atoms with Crippen LogP contribution in [0.2, 0.25) is 18.1 Å². The van der Waals surface area contributed by atoms with Crippen molar-refractivity contribution in [2.75, 3.05) is 0 Å². The Hall–Kier alpha value is 0.724. The zero-order valence-corrected chi connectivity index (χ0v) is 9.63. The molecule has 0 aromatic carbocycles. The molecule has 0 N–H and O–H groups in total. The van der Waals surface area contributed by atoms with Crippen LogP contribution >= 0.6 is 11.1 Å². The second-order valence-electron chi connectivity index (χ2n) is 3.97. The van der Waals surface area contributed by atoms with E-state index in [1.54, 1.807) is 0 Å². The summed E-state index contributed by atoms with van der Waals surface area (Å²) >= 11 is 5.87. The zero-order chi connectivity index (χ0) is 7.71. The van der Waals surface area contributed by atoms with Gasteiger partial charge in [0.2, 0.25) is 0 Å². The molecule has 2 radical (unpaired) electrons. The van der Waals surface area contributed by atoms with Crippen LogP contribution in [0.15, 0.2) is 0 Å². The molecule has 0 atom stereocenters. The summed E-state index contributed by atoms with van der Waals surface area (Å²) in [6.07, 6.45) is 0. The second kappa shape index (κ2) is 2.76. The average molecular weight is 179 g/mol. The highest BCUT2D eigenvalue weighted by Gasteiger charge is 2.34. The Morgan fingerprint density at radius 1 is 1.22 bits per heavy atom. The molecule has 0 nitrogen and oxygen atoms in total. The molecule has 0 aliphatic rings. The Labute approximate surface area is 66.3 Å². The fourth-order valence-corrected chi connectivity index (χ4v) is 3.83. The Kier molecular flexibility index (Phi) is 2.99. The highest BCUT2D eigenvalue weighted by atomic mass is 35.6. The molecule has 0 aromatic rings. The topological polar surface area (TPSA) is 0 Å². The minimum Gasteiger partial charge on any atom is -0.175 e. The molecule has 54 valence electrons. The lowest BCUT2D eigenvalue weighted by Gasteiger charge is -2.34. The quantitative estimate of drug-likeness (QED) is 0.428. The van der Waals surface area contributed by atoms with Crippen molar-refractivity contribution in [3.63, 3.8) is 0 Å². The molecular formula is C6H15ClSi2. The summed E-state index contributed by atoms with van der Waals surface area (Å²) < 4.78 is 0. The summed E-state index contributed by atoms with van der Waals surface area (Å²) in [7, 11) is -0.439. The molecule has 0 spiro atoms. The van der Waals surface area contributed by atoms with Gasteiger partial charge >= 0.3 is 0 Å². The van der Waals surface area contributed by atoms with Gasteiger partial charge in [-0.25, -0.2) is 0 Å². The third kappa shape index (κ3) is 2.44. The Morgan fingerprint density at radius 3 is 1.56 bits per heavy atom. The first-order valence-corrected chi connectivity index (χ1v) is 9.20. The zero-order valence-electron chi connectivity index (χ0n) is 6.88. The van der Waals surface area contributed by atoms with E-state index in [9.17, 15) is 0 Å². The third-order valence-corrected chi connectivity index (χ3v) is 14.3. The van der Waals surface area contributed by atoms with Crippen LogP contribution in [0.3, 0.4) is 0 Å². The molecule has 3 heteroatoms. The predicted molar refractivity (Wildman–Crippen MR) is 48.8 cm³/mol. The fourth-order valence-electron chi connectivity index (χ4n) is 0.142. The summed E-state index contributed by atoms with van der Waals surface area (Å²) in [5.74, 6) is 0. The maximum atomic E-state index is 5.87. The van der Waals surface area contributed by atoms with Crippen molar-refractivity contribution in [2.24, 2.45) is 0 Å². The molecule has 0 aliphatic carbocycles. The van der Waals surface area contributed by atoms with Crippen LogP contribution in [0, 0.1) is 0 Å². The van der Waals surface area contributed by atoms with Gasteiger partial charge in [0.1, 0.15) is 0 Å². The number of hydrogen-bond acceptors (Lipinski definition) is 0. The van der Waals surface area contributed by atoms with Gasteiger partial charge in [-0.15, -0.1) is 0 Å². The lowest BCUT2D eigenvalue weighted by Crippen LogP contribution is -2.41. The number of rotatable bonds is 1. The molecule has 0 bridgehead atoms. The fraction of sp³-hybridized carbons (Fsp3) is 1.00. The number of hydrogen-bond donors (Lipinski definition) is 0. The molecule has 0 heterocycles. The van der Waals surface area contributed by atoms with Gasteiger partial charge in [-0.1, -0.05) is 33.9 Å². The van der Waals surface area contributed by atoms with Crippen LogP contribution in [0.5, 0.6) is 0 Å². The SMILES string of the molecule is CC(C)(C)[Si](C)(C)[Si]Cl. The summed E-state index contributed by atoms with van der Waals surface area (Å²) in [6, 6.07) is 0. The monoisotopic (exact) mass is 178 g/mol. The first kappa shape index (κ1) is 9.72. The highest BCUT2D eigenvalue weighted by Crippen LogP contribution is 2.35. The van der Waals surface area contributed by atoms with Crippen LogP contribution < -0.4 is 0 Å². The van der Waals surface area contributed by atoms with Crippen molar-refractivity contribution in [1.29, 1.82) is 0 Å². The van der Waals surface area contributed by atoms with E-state index in [1.165, 1.54) is 0 Å². The smallest absolute Gasteiger partial charge is 0.158 e. The van der Waals surface area contributed by atoms with Gasteiger partial charge in [0, 0.05) is 0 Å². The van der Waals surface area contributed by atoms with E-state index in [0.29, 0.717) is 13.4 Å². The second-order valence-corrected chi connectivity index (χ2v) is 14.9. The highest BCUT2D eigenvalue weighted by molar-refractivity contribution is 7.41. The maximum Gasteiger partial charge on any atom is 0.158 e. The van der Waals surface area contributed by atoms with Crippen molar-refractivity contribution < 1.29 is 0 Å². The van der Waals surface area contributed by atoms with Crippen molar-refractivity contribution in [3.05, 3.63) is 0 Å². The summed E-state index contributed by atoms with van der Waals surface area (Å²) in [5.41, 5.74) is 0. The van der Waals surface area contributed by atoms with Gasteiger partial charge in [-0.05, 0) is 5.04 Å². The summed E-state index contributed by atoms with van der Waals surface area (Å²) in [5, 5.41) is 0.465. The lowest BCUT2D eigenvalue weighted by molar-refractivity contribution is 0.735. The van der Waals surface area contributed by atoms with Crippen LogP contribution in [-0.4, -0.2) is 15.9 Å². The molecule has 0 fully saturated rings. The Balaban J connectivity index is 4.14. The molecule has 0 amide bonds. The summed E-state index contributed by atoms with van der Waals surface area (Å²) in [4.78, 5) is 0. The van der Waals surface area contributed by atoms with Crippen molar-refractivity contribution in [2.45, 2.75) is 38.9 Å². The standard InChI is InChI=1S/C6H15ClSi2/c1-6(2,3)9(4,5)8-7/h1-5H3. The van der Waals surface area contributed by atoms with Gasteiger partial charge in [-0.3, -0.25) is 0 Å². The van der Waals surface area contributed by atoms with E-state index < -0.39 is 7.59 Å². The van der Waals surface area contributed by atoms with Gasteiger partial charge in [0.15, 0.2) is 8.35 Å². The van der Waals surface area contributed by atoms with E-state index in [0.717, 1.165) is 0 Å². The van der Waals surface area contributed by atoms with Crippen molar-refractivity contribution >= 4 is 27.0 Å². The van der Waals surface area contributed by atoms with Crippen LogP contribution in [0.1, 0.15) is 20.8 Å². The van der Waals surface area contributed by atoms with E-state index in [2.05, 4.69) is 33.9 Å². The first-order chi connectivity index (χ1) is 3.81. The molecule has 0 rings (SSSR count). The molecule has 0 saturated carbocycles. The van der Waals surface area contributed by atoms with E-state index in [4.69, 9.17) is 11.1 Å². The average Bonchev–Trinajstić information content (AvgIpc) is 1.64. The van der Waals surface area contributed by atoms with Crippen molar-refractivity contribution in [3.8, 4) is 0 Å². The van der Waals surface area contributed by atoms with Gasteiger partial charge < -0.3 is 0 Å². The maximum absolute atomic E-state index is 5.87. The Morgan fingerprint density at radius 2 is 1.56 bits per heavy atom. The van der Waals surface area contributed by atoms with E-state index >= 15 is 0 Å². The molecule has 0 unspecified atom stereocenters. The van der Waals surface area contributed by atoms with E-state index in [-0.39, 0.29) is 0 Å². The lowest BCUT2D eigenvalue weighted by atomic mass is 10.2. The molecular weight excluding hydrogens is 164 g/mol. The predicted octanol–water partition coefficient (Wildman–Crippen LogP) is 2.85. The molecule has 0 saturated heterocycles. The van der Waals surface area contributed by atoms with Gasteiger partial charge in [-0.2, -0.15) is 11.1 Å². The largest absolute Gasteiger partial charge is 0.175 e. The third-order valence-electron chi connectivity index (χ3n) is 2.11. The normalized spacial score (nSPS) is 14.0. The molecule has 0 aromatic heterocycles. The van der Waals surface area contributed by atoms with Crippen LogP contribution in [0.4, 0.5) is 0 Å². The Bertz CT molecular complexity index is 93.7. The van der Waals surface area contributed by atoms with Crippen molar-refractivity contribution in [1.82, 2.24) is 0 Å². The molecule has 9 heavy (non-hydrogen) atoms. The van der Waals surface area contributed by atoms with E-state index in [1.807, 2.05) is 0 Å². The minimum atomic E-state index is -1.09. The number of halogens is 1. The van der Waals surface area contributed by atoms with Crippen LogP contribution in [0.25, 0.3) is 0 Å². The van der Waals surface area contributed by atoms with Gasteiger partial charge in [0.05, 0.1) is 7.59 Å². The van der Waals surface area contributed by atoms with Crippen LogP contribution in [-0.2, 0) is 0 Å². The minimum absolute atomic E-state index is 0.465. The summed E-state index contributed by atoms with van der Waals surface area (Å²) in [6.45, 7) is 11.6.